The summed E-state index contributed by atoms with van der Waals surface area (Å²) in [6.07, 6.45) is -0.410. The molecule has 2 nitrogen and oxygen atoms in total. The van der Waals surface area contributed by atoms with Gasteiger partial charge in [-0.1, -0.05) is 0 Å². The van der Waals surface area contributed by atoms with Crippen molar-refractivity contribution in [1.29, 1.82) is 10.5 Å². The Labute approximate surface area is 65.4 Å². The van der Waals surface area contributed by atoms with E-state index in [9.17, 15) is 8.22 Å². The highest BCUT2D eigenvalue weighted by Gasteiger charge is 2.38. The number of halogens is 2. The average Bonchev–Trinajstić information content (AvgIpc) is 1.85. The van der Waals surface area contributed by atoms with E-state index in [4.69, 9.17) is 10.5 Å². The lowest BCUT2D eigenvalue weighted by Gasteiger charge is -2.13. The van der Waals surface area contributed by atoms with Crippen LogP contribution in [0.1, 0.15) is 12.8 Å². The molecule has 0 aromatic heterocycles. The van der Waals surface area contributed by atoms with E-state index in [0.29, 0.717) is 0 Å². The fourth-order valence-corrected chi connectivity index (χ4v) is 1.55. The Morgan fingerprint density at radius 2 is 1.64 bits per heavy atom. The van der Waals surface area contributed by atoms with Crippen molar-refractivity contribution in [3.8, 4) is 12.1 Å². The third-order valence-electron chi connectivity index (χ3n) is 1.39. The van der Waals surface area contributed by atoms with Crippen molar-refractivity contribution in [1.82, 2.24) is 0 Å². The molecule has 0 fully saturated rings. The number of nitriles is 2. The summed E-state index contributed by atoms with van der Waals surface area (Å²) in [4.78, 5) is 0. The molecule has 0 unspecified atom stereocenters. The lowest BCUT2D eigenvalue weighted by molar-refractivity contribution is 0.557. The van der Waals surface area contributed by atoms with Gasteiger partial charge in [0.15, 0.2) is 0 Å². The van der Waals surface area contributed by atoms with Gasteiger partial charge in [0, 0.05) is 18.4 Å². The predicted molar refractivity (Wildman–Crippen MR) is 38.0 cm³/mol. The molecular weight excluding hydrogens is 166 g/mol. The van der Waals surface area contributed by atoms with Gasteiger partial charge in [-0.05, 0) is 6.55 Å². The molecule has 0 aliphatic carbocycles. The molecular formula is C6H8F2N2Si. The second kappa shape index (κ2) is 4.04. The predicted octanol–water partition coefficient (Wildman–Crippen LogP) is 2.19. The highest BCUT2D eigenvalue weighted by atomic mass is 28.4. The molecule has 60 valence electrons. The van der Waals surface area contributed by atoms with Crippen molar-refractivity contribution in [2.75, 3.05) is 0 Å². The van der Waals surface area contributed by atoms with E-state index in [2.05, 4.69) is 0 Å². The maximum atomic E-state index is 12.6. The van der Waals surface area contributed by atoms with E-state index in [-0.39, 0.29) is 12.8 Å². The second-order valence-electron chi connectivity index (χ2n) is 2.38. The topological polar surface area (TPSA) is 47.6 Å². The van der Waals surface area contributed by atoms with E-state index in [1.165, 1.54) is 0 Å². The third kappa shape index (κ3) is 3.69. The van der Waals surface area contributed by atoms with Gasteiger partial charge in [0.05, 0.1) is 12.1 Å². The molecule has 5 heteroatoms. The average molecular weight is 174 g/mol. The summed E-state index contributed by atoms with van der Waals surface area (Å²) in [5.74, 6) is 0. The fraction of sp³-hybridized carbons (Fsp3) is 0.667. The first-order chi connectivity index (χ1) is 5.02. The Morgan fingerprint density at radius 1 is 1.27 bits per heavy atom. The molecule has 0 saturated heterocycles. The molecule has 0 saturated carbocycles. The smallest absolute Gasteiger partial charge is 0.270 e. The maximum absolute atomic E-state index is 12.6. The molecule has 0 atom stereocenters. The molecule has 11 heavy (non-hydrogen) atoms. The zero-order valence-corrected chi connectivity index (χ0v) is 7.14. The Hall–Kier alpha value is -0.943. The molecule has 0 heterocycles. The summed E-state index contributed by atoms with van der Waals surface area (Å²) in [5, 5.41) is 16.3. The van der Waals surface area contributed by atoms with Crippen LogP contribution in [0.4, 0.5) is 8.22 Å². The Balaban J connectivity index is 4.15. The number of nitrogens with zero attached hydrogens (tertiary/aromatic N) is 2. The molecule has 0 aliphatic heterocycles. The van der Waals surface area contributed by atoms with Gasteiger partial charge >= 0.3 is 8.74 Å². The van der Waals surface area contributed by atoms with Crippen LogP contribution in [0.2, 0.25) is 12.1 Å². The minimum Gasteiger partial charge on any atom is -0.270 e. The van der Waals surface area contributed by atoms with Gasteiger partial charge in [-0.3, -0.25) is 8.22 Å². The molecule has 0 spiro atoms. The molecule has 0 aromatic rings. The van der Waals surface area contributed by atoms with Crippen LogP contribution < -0.4 is 0 Å². The van der Waals surface area contributed by atoms with Crippen molar-refractivity contribution in [2.45, 2.75) is 24.9 Å². The van der Waals surface area contributed by atoms with E-state index in [1.54, 1.807) is 12.1 Å². The van der Waals surface area contributed by atoms with Crippen LogP contribution in [0, 0.1) is 22.7 Å². The lowest BCUT2D eigenvalue weighted by atomic mass is 10.2. The summed E-state index contributed by atoms with van der Waals surface area (Å²) in [5.41, 5.74) is -0.988. The SMILES string of the molecule is C[Si](F)(F)C(CC#N)CC#N. The zero-order valence-electron chi connectivity index (χ0n) is 6.14. The van der Waals surface area contributed by atoms with Crippen LogP contribution in [0.5, 0.6) is 0 Å². The lowest BCUT2D eigenvalue weighted by Crippen LogP contribution is -2.24. The standard InChI is InChI=1S/C6H8F2N2Si/c1-11(7,8)6(2-4-9)3-5-10/h6H,2-3H2,1H3. The summed E-state index contributed by atoms with van der Waals surface area (Å²) < 4.78 is 25.2. The van der Waals surface area contributed by atoms with Crippen LogP contribution in [-0.4, -0.2) is 8.74 Å². The van der Waals surface area contributed by atoms with Gasteiger partial charge in [0.1, 0.15) is 0 Å². The van der Waals surface area contributed by atoms with Crippen LogP contribution in [0.3, 0.4) is 0 Å². The summed E-state index contributed by atoms with van der Waals surface area (Å²) >= 11 is 0. The first kappa shape index (κ1) is 10.1. The van der Waals surface area contributed by atoms with Crippen LogP contribution in [-0.2, 0) is 0 Å². The monoisotopic (exact) mass is 174 g/mol. The summed E-state index contributed by atoms with van der Waals surface area (Å²) in [7, 11) is -4.27. The Kier molecular flexibility index (Phi) is 3.70. The van der Waals surface area contributed by atoms with Gasteiger partial charge in [-0.25, -0.2) is 0 Å². The second-order valence-corrected chi connectivity index (χ2v) is 5.11. The van der Waals surface area contributed by atoms with E-state index < -0.39 is 14.3 Å². The first-order valence-electron chi connectivity index (χ1n) is 3.14. The first-order valence-corrected chi connectivity index (χ1v) is 5.47. The molecule has 0 rings (SSSR count). The Morgan fingerprint density at radius 3 is 1.82 bits per heavy atom. The molecule has 0 radical (unpaired) electrons. The summed E-state index contributed by atoms with van der Waals surface area (Å²) in [6, 6.07) is 3.33. The van der Waals surface area contributed by atoms with Crippen LogP contribution in [0.15, 0.2) is 0 Å². The van der Waals surface area contributed by atoms with Crippen molar-refractivity contribution in [3.63, 3.8) is 0 Å². The van der Waals surface area contributed by atoms with Gasteiger partial charge in [0.25, 0.3) is 0 Å². The van der Waals surface area contributed by atoms with E-state index in [0.717, 1.165) is 6.55 Å². The van der Waals surface area contributed by atoms with Gasteiger partial charge in [-0.2, -0.15) is 10.5 Å². The van der Waals surface area contributed by atoms with Crippen LogP contribution >= 0.6 is 0 Å². The van der Waals surface area contributed by atoms with E-state index in [1.807, 2.05) is 0 Å². The zero-order chi connectivity index (χ0) is 8.91. The number of hydrogen-bond acceptors (Lipinski definition) is 2. The fourth-order valence-electron chi connectivity index (χ4n) is 0.651. The maximum Gasteiger partial charge on any atom is 0.427 e. The van der Waals surface area contributed by atoms with Crippen LogP contribution in [0.25, 0.3) is 0 Å². The van der Waals surface area contributed by atoms with E-state index >= 15 is 0 Å². The van der Waals surface area contributed by atoms with Crippen molar-refractivity contribution >= 4 is 8.74 Å². The van der Waals surface area contributed by atoms with Gasteiger partial charge < -0.3 is 0 Å². The minimum absolute atomic E-state index is 0.205. The largest absolute Gasteiger partial charge is 0.427 e. The number of hydrogen-bond donors (Lipinski definition) is 0. The van der Waals surface area contributed by atoms with Gasteiger partial charge in [-0.15, -0.1) is 0 Å². The third-order valence-corrected chi connectivity index (χ3v) is 3.23. The van der Waals surface area contributed by atoms with Crippen molar-refractivity contribution < 1.29 is 8.22 Å². The summed E-state index contributed by atoms with van der Waals surface area (Å²) in [6.45, 7) is 0.867. The molecule has 0 bridgehead atoms. The Bertz CT molecular complexity index is 182. The molecule has 0 N–H and O–H groups in total. The molecule has 0 amide bonds. The quantitative estimate of drug-likeness (QED) is 0.486. The minimum atomic E-state index is -4.27. The highest BCUT2D eigenvalue weighted by Crippen LogP contribution is 2.30. The van der Waals surface area contributed by atoms with Crippen molar-refractivity contribution in [3.05, 3.63) is 0 Å². The van der Waals surface area contributed by atoms with Gasteiger partial charge in [0.2, 0.25) is 0 Å². The van der Waals surface area contributed by atoms with Crippen molar-refractivity contribution in [2.24, 2.45) is 0 Å². The normalized spacial score (nSPS) is 10.7. The molecule has 0 aliphatic rings. The molecule has 0 aromatic carbocycles. The number of rotatable bonds is 3. The highest BCUT2D eigenvalue weighted by molar-refractivity contribution is 6.66.